The molecule has 0 aliphatic carbocycles. The lowest BCUT2D eigenvalue weighted by atomic mass is 10.0. The van der Waals surface area contributed by atoms with E-state index in [4.69, 9.17) is 15.9 Å². The molecule has 1 aliphatic rings. The van der Waals surface area contributed by atoms with Gasteiger partial charge in [0.05, 0.1) is 13.2 Å². The van der Waals surface area contributed by atoms with Crippen LogP contribution in [0, 0.1) is 5.41 Å². The maximum absolute atomic E-state index is 7.41. The van der Waals surface area contributed by atoms with Gasteiger partial charge in [-0.15, -0.1) is 0 Å². The van der Waals surface area contributed by atoms with E-state index >= 15 is 0 Å². The van der Waals surface area contributed by atoms with Crippen molar-refractivity contribution in [1.82, 2.24) is 9.88 Å². The van der Waals surface area contributed by atoms with E-state index in [0.717, 1.165) is 31.9 Å². The third-order valence-corrected chi connectivity index (χ3v) is 3.29. The van der Waals surface area contributed by atoms with Crippen LogP contribution in [0.5, 0.6) is 0 Å². The molecule has 3 N–H and O–H groups in total. The first-order valence-corrected chi connectivity index (χ1v) is 6.11. The molecule has 1 fully saturated rings. The summed E-state index contributed by atoms with van der Waals surface area (Å²) in [4.78, 5) is 6.46. The number of ether oxygens (including phenoxy) is 1. The number of morpholine rings is 1. The van der Waals surface area contributed by atoms with Gasteiger partial charge in [0.2, 0.25) is 0 Å². The van der Waals surface area contributed by atoms with E-state index in [1.165, 1.54) is 0 Å². The Morgan fingerprint density at radius 2 is 2.39 bits per heavy atom. The van der Waals surface area contributed by atoms with E-state index in [1.807, 2.05) is 12.1 Å². The fourth-order valence-corrected chi connectivity index (χ4v) is 2.12. The quantitative estimate of drug-likeness (QED) is 0.617. The molecule has 1 saturated heterocycles. The first kappa shape index (κ1) is 13.0. The molecule has 0 aromatic carbocycles. The van der Waals surface area contributed by atoms with Crippen LogP contribution in [0.25, 0.3) is 0 Å². The number of nitrogens with zero attached hydrogens (tertiary/aromatic N) is 2. The zero-order chi connectivity index (χ0) is 13.2. The summed E-state index contributed by atoms with van der Waals surface area (Å²) in [6.07, 6.45) is 1.71. The molecule has 0 unspecified atom stereocenters. The largest absolute Gasteiger partial charge is 0.382 e. The maximum Gasteiger partial charge on any atom is 0.141 e. The minimum absolute atomic E-state index is 0.0121. The summed E-state index contributed by atoms with van der Waals surface area (Å²) in [5, 5.41) is 7.41. The highest BCUT2D eigenvalue weighted by molar-refractivity contribution is 5.93. The number of nitrogen functional groups attached to an aromatic ring is 1. The number of amidine groups is 1. The number of hydrogen-bond donors (Lipinski definition) is 2. The topological polar surface area (TPSA) is 75.2 Å². The predicted octanol–water partition coefficient (Wildman–Crippen LogP) is 0.976. The monoisotopic (exact) mass is 248 g/mol. The lowest BCUT2D eigenvalue weighted by molar-refractivity contribution is -0.0552. The zero-order valence-electron chi connectivity index (χ0n) is 10.9. The Bertz CT molecular complexity index is 444. The summed E-state index contributed by atoms with van der Waals surface area (Å²) in [6.45, 7) is 7.63. The molecule has 18 heavy (non-hydrogen) atoms. The van der Waals surface area contributed by atoms with Crippen LogP contribution < -0.4 is 5.73 Å². The fraction of sp³-hybridized carbons (Fsp3) is 0.538. The molecule has 0 spiro atoms. The van der Waals surface area contributed by atoms with E-state index < -0.39 is 0 Å². The van der Waals surface area contributed by atoms with Gasteiger partial charge in [-0.05, 0) is 31.5 Å². The van der Waals surface area contributed by atoms with Crippen molar-refractivity contribution in [3.8, 4) is 0 Å². The lowest BCUT2D eigenvalue weighted by Crippen LogP contribution is -2.52. The van der Waals surface area contributed by atoms with Gasteiger partial charge in [0.25, 0.3) is 0 Å². The summed E-state index contributed by atoms with van der Waals surface area (Å²) in [6, 6.07) is 3.85. The molecule has 0 bridgehead atoms. The third-order valence-electron chi connectivity index (χ3n) is 3.29. The summed E-state index contributed by atoms with van der Waals surface area (Å²) >= 11 is 0. The Morgan fingerprint density at radius 1 is 1.61 bits per heavy atom. The highest BCUT2D eigenvalue weighted by Crippen LogP contribution is 2.21. The van der Waals surface area contributed by atoms with Crippen molar-refractivity contribution in [1.29, 1.82) is 5.41 Å². The lowest BCUT2D eigenvalue weighted by Gasteiger charge is -2.42. The molecule has 2 heterocycles. The van der Waals surface area contributed by atoms with Gasteiger partial charge < -0.3 is 10.5 Å². The molecular weight excluding hydrogens is 228 g/mol. The molecule has 1 aliphatic heterocycles. The molecule has 0 radical (unpaired) electrons. The summed E-state index contributed by atoms with van der Waals surface area (Å²) in [7, 11) is 0. The molecule has 2 rings (SSSR count). The van der Waals surface area contributed by atoms with E-state index in [9.17, 15) is 0 Å². The average molecular weight is 248 g/mol. The normalized spacial score (nSPS) is 19.7. The molecule has 1 aromatic heterocycles. The van der Waals surface area contributed by atoms with Crippen molar-refractivity contribution in [3.63, 3.8) is 0 Å². The Hall–Kier alpha value is -1.46. The van der Waals surface area contributed by atoms with E-state index in [0.29, 0.717) is 5.69 Å². The van der Waals surface area contributed by atoms with Crippen molar-refractivity contribution >= 4 is 5.84 Å². The average Bonchev–Trinajstić information content (AvgIpc) is 2.32. The number of pyridine rings is 1. The maximum atomic E-state index is 7.41. The summed E-state index contributed by atoms with van der Waals surface area (Å²) < 4.78 is 5.51. The number of nitrogens with one attached hydrogen (secondary N) is 1. The van der Waals surface area contributed by atoms with Gasteiger partial charge in [-0.25, -0.2) is 0 Å². The third kappa shape index (κ3) is 2.86. The first-order valence-electron chi connectivity index (χ1n) is 6.11. The number of hydrogen-bond acceptors (Lipinski definition) is 4. The highest BCUT2D eigenvalue weighted by atomic mass is 16.5. The molecule has 98 valence electrons. The van der Waals surface area contributed by atoms with Crippen molar-refractivity contribution in [2.45, 2.75) is 25.9 Å². The Kier molecular flexibility index (Phi) is 3.63. The van der Waals surface area contributed by atoms with Crippen LogP contribution in [-0.2, 0) is 11.3 Å². The summed E-state index contributed by atoms with van der Waals surface area (Å²) in [5.74, 6) is 0.0121. The number of rotatable bonds is 3. The Morgan fingerprint density at radius 3 is 3.06 bits per heavy atom. The second-order valence-corrected chi connectivity index (χ2v) is 5.25. The van der Waals surface area contributed by atoms with Crippen molar-refractivity contribution < 1.29 is 4.74 Å². The molecule has 5 nitrogen and oxygen atoms in total. The van der Waals surface area contributed by atoms with Gasteiger partial charge in [0.1, 0.15) is 11.5 Å². The minimum Gasteiger partial charge on any atom is -0.382 e. The van der Waals surface area contributed by atoms with Crippen molar-refractivity contribution in [3.05, 3.63) is 29.6 Å². The number of aromatic nitrogens is 1. The van der Waals surface area contributed by atoms with Gasteiger partial charge in [-0.1, -0.05) is 0 Å². The molecule has 1 aromatic rings. The van der Waals surface area contributed by atoms with E-state index in [2.05, 4.69) is 23.7 Å². The molecule has 5 heteroatoms. The molecular formula is C13H20N4O. The van der Waals surface area contributed by atoms with Crippen LogP contribution in [0.3, 0.4) is 0 Å². The minimum atomic E-state index is 0.0121. The van der Waals surface area contributed by atoms with Crippen LogP contribution in [0.4, 0.5) is 0 Å². The highest BCUT2D eigenvalue weighted by Gasteiger charge is 2.30. The Labute approximate surface area is 107 Å². The zero-order valence-corrected chi connectivity index (χ0v) is 10.9. The smallest absolute Gasteiger partial charge is 0.141 e. The predicted molar refractivity (Wildman–Crippen MR) is 70.6 cm³/mol. The van der Waals surface area contributed by atoms with E-state index in [1.54, 1.807) is 6.20 Å². The molecule has 0 amide bonds. The second-order valence-electron chi connectivity index (χ2n) is 5.25. The van der Waals surface area contributed by atoms with E-state index in [-0.39, 0.29) is 11.4 Å². The van der Waals surface area contributed by atoms with Crippen LogP contribution in [0.2, 0.25) is 0 Å². The fourth-order valence-electron chi connectivity index (χ4n) is 2.12. The van der Waals surface area contributed by atoms with Gasteiger partial charge >= 0.3 is 0 Å². The van der Waals surface area contributed by atoms with Crippen molar-refractivity contribution in [2.24, 2.45) is 5.73 Å². The van der Waals surface area contributed by atoms with Crippen LogP contribution in [-0.4, -0.2) is 41.0 Å². The van der Waals surface area contributed by atoms with Gasteiger partial charge in [-0.3, -0.25) is 15.3 Å². The SMILES string of the molecule is CC1(C)COCCN1Cc1ccnc(C(=N)N)c1. The summed E-state index contributed by atoms with van der Waals surface area (Å²) in [5.41, 5.74) is 7.17. The van der Waals surface area contributed by atoms with Gasteiger partial charge in [-0.2, -0.15) is 0 Å². The molecule has 0 saturated carbocycles. The Balaban J connectivity index is 2.13. The first-order chi connectivity index (χ1) is 8.49. The van der Waals surface area contributed by atoms with Crippen LogP contribution in [0.15, 0.2) is 18.3 Å². The van der Waals surface area contributed by atoms with Crippen LogP contribution in [0.1, 0.15) is 25.1 Å². The van der Waals surface area contributed by atoms with Crippen molar-refractivity contribution in [2.75, 3.05) is 19.8 Å². The van der Waals surface area contributed by atoms with Crippen LogP contribution >= 0.6 is 0 Å². The standard InChI is InChI=1S/C13H20N4O/c1-13(2)9-18-6-5-17(13)8-10-3-4-16-11(7-10)12(14)15/h3-4,7H,5-6,8-9H2,1-2H3,(H3,14,15). The number of nitrogens with two attached hydrogens (primary N) is 1. The van der Waals surface area contributed by atoms with Gasteiger partial charge in [0.15, 0.2) is 0 Å². The van der Waals surface area contributed by atoms with Gasteiger partial charge in [0, 0.05) is 24.8 Å². The second kappa shape index (κ2) is 5.04. The molecule has 0 atom stereocenters.